The second kappa shape index (κ2) is 9.15. The summed E-state index contributed by atoms with van der Waals surface area (Å²) >= 11 is 0. The predicted molar refractivity (Wildman–Crippen MR) is 108 cm³/mol. The Hall–Kier alpha value is -2.18. The molecular weight excluding hydrogens is 360 g/mol. The highest BCUT2D eigenvalue weighted by molar-refractivity contribution is 7.84. The van der Waals surface area contributed by atoms with Crippen LogP contribution in [0.1, 0.15) is 17.5 Å². The number of carbonyl (C=O) groups is 1. The highest BCUT2D eigenvalue weighted by Gasteiger charge is 2.27. The molecule has 1 aliphatic heterocycles. The topological polar surface area (TPSA) is 58.6 Å². The average molecular weight is 387 g/mol. The van der Waals surface area contributed by atoms with Crippen LogP contribution in [-0.2, 0) is 22.1 Å². The minimum absolute atomic E-state index is 0.137. The summed E-state index contributed by atoms with van der Waals surface area (Å²) in [5.41, 5.74) is 2.73. The molecule has 2 unspecified atom stereocenters. The Bertz CT molecular complexity index is 810. The lowest BCUT2D eigenvalue weighted by molar-refractivity contribution is 0.0900. The van der Waals surface area contributed by atoms with Gasteiger partial charge in [0.2, 0.25) is 0 Å². The van der Waals surface area contributed by atoms with E-state index < -0.39 is 10.8 Å². The Labute approximate surface area is 163 Å². The van der Waals surface area contributed by atoms with Gasteiger partial charge in [0.15, 0.2) is 0 Å². The van der Waals surface area contributed by atoms with Crippen molar-refractivity contribution in [3.8, 4) is 0 Å². The molecule has 2 atom stereocenters. The molecule has 2 aromatic rings. The zero-order valence-electron chi connectivity index (χ0n) is 15.8. The monoisotopic (exact) mass is 386 g/mol. The second-order valence-electron chi connectivity index (χ2n) is 6.93. The van der Waals surface area contributed by atoms with Crippen molar-refractivity contribution < 1.29 is 13.7 Å². The number of para-hydroxylation sites is 1. The number of hydrogen-bond donors (Lipinski definition) is 1. The van der Waals surface area contributed by atoms with Crippen molar-refractivity contribution in [1.29, 1.82) is 0 Å². The summed E-state index contributed by atoms with van der Waals surface area (Å²) in [6.45, 7) is 4.54. The van der Waals surface area contributed by atoms with Gasteiger partial charge in [0.25, 0.3) is 0 Å². The molecule has 5 nitrogen and oxygen atoms in total. The van der Waals surface area contributed by atoms with Gasteiger partial charge >= 0.3 is 6.03 Å². The van der Waals surface area contributed by atoms with Crippen molar-refractivity contribution in [2.75, 3.05) is 31.3 Å². The van der Waals surface area contributed by atoms with Gasteiger partial charge in [-0.25, -0.2) is 4.79 Å². The van der Waals surface area contributed by atoms with E-state index in [-0.39, 0.29) is 6.03 Å². The predicted octanol–water partition coefficient (Wildman–Crippen LogP) is 3.80. The summed E-state index contributed by atoms with van der Waals surface area (Å²) in [6.07, 6.45) is 2.56. The number of amides is 2. The van der Waals surface area contributed by atoms with Crippen LogP contribution in [0.5, 0.6) is 0 Å². The zero-order chi connectivity index (χ0) is 19.2. The molecule has 1 saturated heterocycles. The summed E-state index contributed by atoms with van der Waals surface area (Å²) in [7, 11) is -1.15. The molecule has 2 aromatic carbocycles. The highest BCUT2D eigenvalue weighted by atomic mass is 32.2. The second-order valence-corrected chi connectivity index (χ2v) is 8.28. The maximum absolute atomic E-state index is 12.7. The summed E-state index contributed by atoms with van der Waals surface area (Å²) in [4.78, 5) is 15.1. The number of carbonyl (C=O) groups excluding carboxylic acids is 1. The Morgan fingerprint density at radius 2 is 2.00 bits per heavy atom. The number of benzene rings is 2. The number of anilines is 1. The number of aryl methyl sites for hydroxylation is 1. The molecule has 0 saturated carbocycles. The van der Waals surface area contributed by atoms with E-state index in [1.54, 1.807) is 12.3 Å². The molecule has 1 fully saturated rings. The van der Waals surface area contributed by atoms with Crippen LogP contribution in [0.3, 0.4) is 0 Å². The number of hydrogen-bond acceptors (Lipinski definition) is 3. The molecule has 0 bridgehead atoms. The third-order valence-electron chi connectivity index (χ3n) is 4.81. The normalized spacial score (nSPS) is 17.7. The molecule has 1 heterocycles. The van der Waals surface area contributed by atoms with Gasteiger partial charge in [0.1, 0.15) is 0 Å². The van der Waals surface area contributed by atoms with Crippen molar-refractivity contribution in [3.05, 3.63) is 59.7 Å². The van der Waals surface area contributed by atoms with Crippen LogP contribution < -0.4 is 5.32 Å². The van der Waals surface area contributed by atoms with Crippen LogP contribution >= 0.6 is 0 Å². The van der Waals surface area contributed by atoms with Crippen molar-refractivity contribution in [3.63, 3.8) is 0 Å². The minimum atomic E-state index is -1.15. The van der Waals surface area contributed by atoms with Gasteiger partial charge in [-0.1, -0.05) is 42.5 Å². The van der Waals surface area contributed by atoms with E-state index >= 15 is 0 Å². The van der Waals surface area contributed by atoms with Gasteiger partial charge < -0.3 is 15.0 Å². The molecular formula is C21H26N2O3S. The SMILES string of the molecule is Cc1cccc(S(C)=O)c1NC(=O)N1CCC(COCc2ccccc2)C1. The van der Waals surface area contributed by atoms with E-state index in [1.165, 1.54) is 0 Å². The lowest BCUT2D eigenvalue weighted by Gasteiger charge is -2.19. The van der Waals surface area contributed by atoms with Crippen molar-refractivity contribution in [2.45, 2.75) is 24.8 Å². The largest absolute Gasteiger partial charge is 0.376 e. The van der Waals surface area contributed by atoms with Gasteiger partial charge in [-0.05, 0) is 30.5 Å². The molecule has 0 aliphatic carbocycles. The number of nitrogens with one attached hydrogen (secondary N) is 1. The molecule has 0 aromatic heterocycles. The molecule has 0 spiro atoms. The first kappa shape index (κ1) is 19.6. The Morgan fingerprint density at radius 1 is 1.22 bits per heavy atom. The van der Waals surface area contributed by atoms with E-state index in [9.17, 15) is 9.00 Å². The molecule has 3 rings (SSSR count). The first-order valence-corrected chi connectivity index (χ1v) is 10.7. The van der Waals surface area contributed by atoms with Crippen LogP contribution in [0.2, 0.25) is 0 Å². The smallest absolute Gasteiger partial charge is 0.321 e. The number of likely N-dealkylation sites (tertiary alicyclic amines) is 1. The van der Waals surface area contributed by atoms with Crippen LogP contribution in [-0.4, -0.2) is 41.1 Å². The average Bonchev–Trinajstić information content (AvgIpc) is 3.13. The van der Waals surface area contributed by atoms with E-state index in [1.807, 2.05) is 54.3 Å². The lowest BCUT2D eigenvalue weighted by Crippen LogP contribution is -2.34. The van der Waals surface area contributed by atoms with Gasteiger partial charge in [-0.15, -0.1) is 0 Å². The fraction of sp³-hybridized carbons (Fsp3) is 0.381. The molecule has 2 amide bonds. The van der Waals surface area contributed by atoms with Crippen molar-refractivity contribution in [2.24, 2.45) is 5.92 Å². The number of urea groups is 1. The van der Waals surface area contributed by atoms with E-state index in [0.717, 1.165) is 17.5 Å². The third kappa shape index (κ3) is 5.17. The fourth-order valence-corrected chi connectivity index (χ4v) is 4.07. The lowest BCUT2D eigenvalue weighted by atomic mass is 10.1. The summed E-state index contributed by atoms with van der Waals surface area (Å²) < 4.78 is 17.8. The van der Waals surface area contributed by atoms with E-state index in [0.29, 0.717) is 42.8 Å². The van der Waals surface area contributed by atoms with Crippen LogP contribution in [0.4, 0.5) is 10.5 Å². The Balaban J connectivity index is 1.52. The molecule has 1 aliphatic rings. The van der Waals surface area contributed by atoms with Crippen molar-refractivity contribution in [1.82, 2.24) is 4.90 Å². The van der Waals surface area contributed by atoms with Gasteiger partial charge in [0, 0.05) is 25.3 Å². The molecule has 0 radical (unpaired) electrons. The Morgan fingerprint density at radius 3 is 2.74 bits per heavy atom. The quantitative estimate of drug-likeness (QED) is 0.821. The van der Waals surface area contributed by atoms with Gasteiger partial charge in [-0.2, -0.15) is 0 Å². The highest BCUT2D eigenvalue weighted by Crippen LogP contribution is 2.25. The molecule has 144 valence electrons. The van der Waals surface area contributed by atoms with Crippen LogP contribution in [0, 0.1) is 12.8 Å². The number of ether oxygens (including phenoxy) is 1. The number of rotatable bonds is 6. The molecule has 6 heteroatoms. The fourth-order valence-electron chi connectivity index (χ4n) is 3.30. The first-order valence-electron chi connectivity index (χ1n) is 9.15. The summed E-state index contributed by atoms with van der Waals surface area (Å²) in [6, 6.07) is 15.5. The van der Waals surface area contributed by atoms with Crippen LogP contribution in [0.15, 0.2) is 53.4 Å². The molecule has 27 heavy (non-hydrogen) atoms. The van der Waals surface area contributed by atoms with E-state index in [4.69, 9.17) is 4.74 Å². The summed E-state index contributed by atoms with van der Waals surface area (Å²) in [5.74, 6) is 0.344. The maximum atomic E-state index is 12.7. The third-order valence-corrected chi connectivity index (χ3v) is 5.77. The van der Waals surface area contributed by atoms with Gasteiger partial charge in [-0.3, -0.25) is 4.21 Å². The Kier molecular flexibility index (Phi) is 6.63. The standard InChI is InChI=1S/C21H26N2O3S/c1-16-7-6-10-19(27(2)25)20(16)22-21(24)23-12-11-18(13-23)15-26-14-17-8-4-3-5-9-17/h3-10,18H,11-15H2,1-2H3,(H,22,24). The molecule has 1 N–H and O–H groups in total. The van der Waals surface area contributed by atoms with Crippen molar-refractivity contribution >= 4 is 22.5 Å². The first-order chi connectivity index (χ1) is 13.0. The maximum Gasteiger partial charge on any atom is 0.321 e. The van der Waals surface area contributed by atoms with Gasteiger partial charge in [0.05, 0.1) is 34.6 Å². The van der Waals surface area contributed by atoms with E-state index in [2.05, 4.69) is 5.32 Å². The summed E-state index contributed by atoms with van der Waals surface area (Å²) in [5, 5.41) is 2.96. The van der Waals surface area contributed by atoms with Crippen LogP contribution in [0.25, 0.3) is 0 Å². The number of nitrogens with zero attached hydrogens (tertiary/aromatic N) is 1. The minimum Gasteiger partial charge on any atom is -0.376 e. The zero-order valence-corrected chi connectivity index (χ0v) is 16.6.